The second kappa shape index (κ2) is 6.33. The predicted octanol–water partition coefficient (Wildman–Crippen LogP) is 2.62. The highest BCUT2D eigenvalue weighted by molar-refractivity contribution is 5.97. The molecule has 5 heteroatoms. The Bertz CT molecular complexity index is 547. The normalized spacial score (nSPS) is 18.7. The number of carbonyl (C=O) groups excluding carboxylic acids is 2. The monoisotopic (exact) mass is 293 g/mol. The van der Waals surface area contributed by atoms with Crippen molar-refractivity contribution in [3.63, 3.8) is 0 Å². The molecule has 1 unspecified atom stereocenters. The number of ether oxygens (including phenoxy) is 1. The molecule has 1 aliphatic rings. The number of nitrogens with zero attached hydrogens (tertiary/aromatic N) is 1. The van der Waals surface area contributed by atoms with Crippen LogP contribution in [0.5, 0.6) is 0 Å². The summed E-state index contributed by atoms with van der Waals surface area (Å²) in [5, 5.41) is 0. The molecule has 0 spiro atoms. The molecular formula is C16H23NO4. The molecule has 0 saturated carbocycles. The van der Waals surface area contributed by atoms with Gasteiger partial charge in [0.25, 0.3) is 5.91 Å². The highest BCUT2D eigenvalue weighted by Crippen LogP contribution is 2.25. The molecule has 0 bridgehead atoms. The van der Waals surface area contributed by atoms with Crippen LogP contribution in [-0.4, -0.2) is 36.5 Å². The Morgan fingerprint density at radius 3 is 2.57 bits per heavy atom. The Kier molecular flexibility index (Phi) is 4.70. The van der Waals surface area contributed by atoms with Gasteiger partial charge in [0.05, 0.1) is 18.1 Å². The maximum absolute atomic E-state index is 12.7. The van der Waals surface area contributed by atoms with Gasteiger partial charge in [0.1, 0.15) is 11.5 Å². The highest BCUT2D eigenvalue weighted by Gasteiger charge is 2.31. The van der Waals surface area contributed by atoms with Crippen LogP contribution >= 0.6 is 0 Å². The number of likely N-dealkylation sites (tertiary alicyclic amines) is 1. The minimum atomic E-state index is -0.212. The zero-order valence-corrected chi connectivity index (χ0v) is 13.2. The summed E-state index contributed by atoms with van der Waals surface area (Å²) in [6.45, 7) is 8.84. The van der Waals surface area contributed by atoms with E-state index in [1.54, 1.807) is 18.7 Å². The first-order valence-electron chi connectivity index (χ1n) is 7.48. The van der Waals surface area contributed by atoms with Crippen molar-refractivity contribution >= 4 is 11.9 Å². The lowest BCUT2D eigenvalue weighted by atomic mass is 9.97. The van der Waals surface area contributed by atoms with E-state index in [0.717, 1.165) is 24.2 Å². The molecule has 5 nitrogen and oxygen atoms in total. The summed E-state index contributed by atoms with van der Waals surface area (Å²) in [5.74, 6) is 0.960. The van der Waals surface area contributed by atoms with E-state index in [4.69, 9.17) is 9.15 Å². The van der Waals surface area contributed by atoms with Crippen LogP contribution in [0.3, 0.4) is 0 Å². The first-order valence-corrected chi connectivity index (χ1v) is 7.48. The number of hydrogen-bond acceptors (Lipinski definition) is 4. The van der Waals surface area contributed by atoms with Crippen LogP contribution in [0, 0.1) is 26.7 Å². The summed E-state index contributed by atoms with van der Waals surface area (Å²) in [6, 6.07) is 0. The standard InChI is InChI=1S/C16H23NO4/c1-5-20-16(19)13-7-6-8-17(9-13)15(18)14-10(2)11(3)21-12(14)4/h13H,5-9H2,1-4H3. The van der Waals surface area contributed by atoms with E-state index in [0.29, 0.717) is 31.0 Å². The first kappa shape index (κ1) is 15.6. The second-order valence-corrected chi connectivity index (χ2v) is 5.56. The molecule has 1 amide bonds. The number of carbonyl (C=O) groups is 2. The van der Waals surface area contributed by atoms with Gasteiger partial charge in [0, 0.05) is 18.7 Å². The average Bonchev–Trinajstić information content (AvgIpc) is 2.72. The molecule has 0 aromatic carbocycles. The Labute approximate surface area is 125 Å². The van der Waals surface area contributed by atoms with Crippen LogP contribution in [-0.2, 0) is 9.53 Å². The summed E-state index contributed by atoms with van der Waals surface area (Å²) < 4.78 is 10.6. The first-order chi connectivity index (χ1) is 9.95. The quantitative estimate of drug-likeness (QED) is 0.804. The molecule has 2 rings (SSSR count). The zero-order valence-electron chi connectivity index (χ0n) is 13.2. The van der Waals surface area contributed by atoms with Crippen molar-refractivity contribution in [2.45, 2.75) is 40.5 Å². The fraction of sp³-hybridized carbons (Fsp3) is 0.625. The predicted molar refractivity (Wildman–Crippen MR) is 78.2 cm³/mol. The molecule has 1 aromatic rings. The third kappa shape index (κ3) is 3.12. The smallest absolute Gasteiger partial charge is 0.310 e. The van der Waals surface area contributed by atoms with Gasteiger partial charge >= 0.3 is 5.97 Å². The highest BCUT2D eigenvalue weighted by atomic mass is 16.5. The number of amides is 1. The van der Waals surface area contributed by atoms with Crippen molar-refractivity contribution in [3.05, 3.63) is 22.6 Å². The summed E-state index contributed by atoms with van der Waals surface area (Å²) in [7, 11) is 0. The number of hydrogen-bond donors (Lipinski definition) is 0. The molecule has 0 radical (unpaired) electrons. The van der Waals surface area contributed by atoms with Gasteiger partial charge in [-0.25, -0.2) is 0 Å². The van der Waals surface area contributed by atoms with E-state index in [1.165, 1.54) is 0 Å². The Morgan fingerprint density at radius 1 is 1.29 bits per heavy atom. The summed E-state index contributed by atoms with van der Waals surface area (Å²) in [5.41, 5.74) is 1.52. The zero-order chi connectivity index (χ0) is 15.6. The molecule has 1 fully saturated rings. The summed E-state index contributed by atoms with van der Waals surface area (Å²) >= 11 is 0. The summed E-state index contributed by atoms with van der Waals surface area (Å²) in [6.07, 6.45) is 1.61. The minimum Gasteiger partial charge on any atom is -0.466 e. The van der Waals surface area contributed by atoms with Crippen LogP contribution in [0.1, 0.15) is 47.2 Å². The molecule has 0 aliphatic carbocycles. The third-order valence-electron chi connectivity index (χ3n) is 4.10. The minimum absolute atomic E-state index is 0.0455. The fourth-order valence-electron chi connectivity index (χ4n) is 2.88. The van der Waals surface area contributed by atoms with Crippen molar-refractivity contribution in [1.82, 2.24) is 4.90 Å². The Morgan fingerprint density at radius 2 is 2.00 bits per heavy atom. The van der Waals surface area contributed by atoms with Gasteiger partial charge < -0.3 is 14.1 Å². The van der Waals surface area contributed by atoms with Crippen molar-refractivity contribution in [2.24, 2.45) is 5.92 Å². The van der Waals surface area contributed by atoms with Crippen LogP contribution < -0.4 is 0 Å². The van der Waals surface area contributed by atoms with Gasteiger partial charge in [-0.2, -0.15) is 0 Å². The second-order valence-electron chi connectivity index (χ2n) is 5.56. The van der Waals surface area contributed by atoms with Crippen LogP contribution in [0.2, 0.25) is 0 Å². The van der Waals surface area contributed by atoms with E-state index in [2.05, 4.69) is 0 Å². The number of aryl methyl sites for hydroxylation is 2. The van der Waals surface area contributed by atoms with Crippen molar-refractivity contribution in [1.29, 1.82) is 0 Å². The van der Waals surface area contributed by atoms with Gasteiger partial charge in [-0.05, 0) is 40.5 Å². The van der Waals surface area contributed by atoms with Crippen molar-refractivity contribution in [2.75, 3.05) is 19.7 Å². The van der Waals surface area contributed by atoms with E-state index >= 15 is 0 Å². The lowest BCUT2D eigenvalue weighted by molar-refractivity contribution is -0.149. The Balaban J connectivity index is 2.14. The van der Waals surface area contributed by atoms with E-state index < -0.39 is 0 Å². The number of piperidine rings is 1. The van der Waals surface area contributed by atoms with Crippen molar-refractivity contribution in [3.8, 4) is 0 Å². The molecule has 21 heavy (non-hydrogen) atoms. The lowest BCUT2D eigenvalue weighted by Gasteiger charge is -2.31. The van der Waals surface area contributed by atoms with E-state index in [9.17, 15) is 9.59 Å². The average molecular weight is 293 g/mol. The molecule has 1 aliphatic heterocycles. The van der Waals surface area contributed by atoms with Gasteiger partial charge in [-0.3, -0.25) is 9.59 Å². The fourth-order valence-corrected chi connectivity index (χ4v) is 2.88. The molecule has 1 aromatic heterocycles. The molecule has 1 atom stereocenters. The lowest BCUT2D eigenvalue weighted by Crippen LogP contribution is -2.43. The molecule has 1 saturated heterocycles. The van der Waals surface area contributed by atoms with Gasteiger partial charge in [-0.15, -0.1) is 0 Å². The van der Waals surface area contributed by atoms with Gasteiger partial charge in [0.15, 0.2) is 0 Å². The topological polar surface area (TPSA) is 59.8 Å². The van der Waals surface area contributed by atoms with Crippen molar-refractivity contribution < 1.29 is 18.7 Å². The van der Waals surface area contributed by atoms with Crippen LogP contribution in [0.25, 0.3) is 0 Å². The number of esters is 1. The maximum atomic E-state index is 12.7. The Hall–Kier alpha value is -1.78. The SMILES string of the molecule is CCOC(=O)C1CCCN(C(=O)c2c(C)oc(C)c2C)C1. The number of furan rings is 1. The van der Waals surface area contributed by atoms with Crippen LogP contribution in [0.4, 0.5) is 0 Å². The third-order valence-corrected chi connectivity index (χ3v) is 4.10. The van der Waals surface area contributed by atoms with E-state index in [-0.39, 0.29) is 17.8 Å². The molecule has 2 heterocycles. The van der Waals surface area contributed by atoms with E-state index in [1.807, 2.05) is 13.8 Å². The molecular weight excluding hydrogens is 270 g/mol. The van der Waals surface area contributed by atoms with Gasteiger partial charge in [-0.1, -0.05) is 0 Å². The van der Waals surface area contributed by atoms with Gasteiger partial charge in [0.2, 0.25) is 0 Å². The van der Waals surface area contributed by atoms with Crippen LogP contribution in [0.15, 0.2) is 4.42 Å². The summed E-state index contributed by atoms with van der Waals surface area (Å²) in [4.78, 5) is 26.3. The maximum Gasteiger partial charge on any atom is 0.310 e. The largest absolute Gasteiger partial charge is 0.466 e. The number of rotatable bonds is 3. The molecule has 0 N–H and O–H groups in total. The molecule has 116 valence electrons.